The largest absolute Gasteiger partial charge is 0.382 e. The standard InChI is InChI=1S/C26H30N4O/c27-16-19-2-1-3-20(12-19)22-14-21-6-9-28-17-24(21)25(15-22)29-23-7-10-30(11-8-23)26(31)13-18-4-5-18/h3,12,14-15,17-18,23,29H,1-2,4-11,13H2. The quantitative estimate of drug-likeness (QED) is 0.772. The molecule has 5 nitrogen and oxygen atoms in total. The van der Waals surface area contributed by atoms with Crippen molar-refractivity contribution < 1.29 is 4.79 Å². The molecule has 5 rings (SSSR count). The summed E-state index contributed by atoms with van der Waals surface area (Å²) in [5.74, 6) is 0.998. The van der Waals surface area contributed by atoms with Gasteiger partial charge in [-0.1, -0.05) is 12.1 Å². The van der Waals surface area contributed by atoms with E-state index < -0.39 is 0 Å². The molecule has 0 spiro atoms. The molecule has 1 aromatic carbocycles. The lowest BCUT2D eigenvalue weighted by Crippen LogP contribution is -2.42. The van der Waals surface area contributed by atoms with Crippen LogP contribution >= 0.6 is 0 Å². The number of nitrogens with one attached hydrogen (secondary N) is 1. The summed E-state index contributed by atoms with van der Waals surface area (Å²) in [6.07, 6.45) is 14.2. The van der Waals surface area contributed by atoms with E-state index in [2.05, 4.69) is 39.5 Å². The number of rotatable bonds is 5. The second kappa shape index (κ2) is 8.70. The number of nitrogens with zero attached hydrogens (tertiary/aromatic N) is 3. The van der Waals surface area contributed by atoms with Crippen LogP contribution in [0.25, 0.3) is 5.57 Å². The second-order valence-corrected chi connectivity index (χ2v) is 9.31. The van der Waals surface area contributed by atoms with Gasteiger partial charge in [0.2, 0.25) is 5.91 Å². The van der Waals surface area contributed by atoms with Crippen LogP contribution in [0.5, 0.6) is 0 Å². The molecule has 4 aliphatic rings. The number of carbonyl (C=O) groups excluding carboxylic acids is 1. The third kappa shape index (κ3) is 4.58. The van der Waals surface area contributed by atoms with E-state index in [0.29, 0.717) is 17.9 Å². The van der Waals surface area contributed by atoms with Crippen LogP contribution in [0.1, 0.15) is 61.6 Å². The fraction of sp³-hybridized carbons (Fsp3) is 0.500. The fourth-order valence-corrected chi connectivity index (χ4v) is 4.88. The second-order valence-electron chi connectivity index (χ2n) is 9.31. The molecule has 0 radical (unpaired) electrons. The summed E-state index contributed by atoms with van der Waals surface area (Å²) in [6, 6.07) is 7.19. The molecule has 1 amide bonds. The predicted molar refractivity (Wildman–Crippen MR) is 124 cm³/mol. The van der Waals surface area contributed by atoms with Crippen LogP contribution in [0.2, 0.25) is 0 Å². The van der Waals surface area contributed by atoms with Crippen LogP contribution < -0.4 is 5.32 Å². The van der Waals surface area contributed by atoms with E-state index in [1.807, 2.05) is 12.3 Å². The normalized spacial score (nSPS) is 21.1. The highest BCUT2D eigenvalue weighted by atomic mass is 16.2. The van der Waals surface area contributed by atoms with Crippen LogP contribution in [0.3, 0.4) is 0 Å². The van der Waals surface area contributed by atoms with Crippen molar-refractivity contribution in [3.63, 3.8) is 0 Å². The van der Waals surface area contributed by atoms with Gasteiger partial charge in [-0.2, -0.15) is 5.26 Å². The highest BCUT2D eigenvalue weighted by Gasteiger charge is 2.29. The maximum Gasteiger partial charge on any atom is 0.222 e. The van der Waals surface area contributed by atoms with Gasteiger partial charge >= 0.3 is 0 Å². The van der Waals surface area contributed by atoms with E-state index in [4.69, 9.17) is 0 Å². The van der Waals surface area contributed by atoms with E-state index >= 15 is 0 Å². The molecule has 1 aromatic rings. The molecule has 31 heavy (non-hydrogen) atoms. The number of piperidine rings is 1. The third-order valence-electron chi connectivity index (χ3n) is 6.95. The fourth-order valence-electron chi connectivity index (χ4n) is 4.88. The van der Waals surface area contributed by atoms with Gasteiger partial charge < -0.3 is 10.2 Å². The molecule has 5 heteroatoms. The molecule has 1 saturated heterocycles. The zero-order valence-electron chi connectivity index (χ0n) is 18.1. The minimum atomic E-state index is 0.344. The topological polar surface area (TPSA) is 68.5 Å². The Morgan fingerprint density at radius 1 is 1.19 bits per heavy atom. The van der Waals surface area contributed by atoms with E-state index in [1.165, 1.54) is 29.5 Å². The summed E-state index contributed by atoms with van der Waals surface area (Å²) in [5.41, 5.74) is 6.85. The number of nitriles is 1. The number of allylic oxidation sites excluding steroid dienone is 4. The van der Waals surface area contributed by atoms with Crippen molar-refractivity contribution in [2.24, 2.45) is 10.9 Å². The first-order valence-electron chi connectivity index (χ1n) is 11.7. The van der Waals surface area contributed by atoms with Gasteiger partial charge in [-0.05, 0) is 79.7 Å². The molecule has 0 atom stereocenters. The number of likely N-dealkylation sites (tertiary alicyclic amines) is 1. The Bertz CT molecular complexity index is 1000. The lowest BCUT2D eigenvalue weighted by Gasteiger charge is -2.34. The molecule has 1 N–H and O–H groups in total. The zero-order valence-corrected chi connectivity index (χ0v) is 18.1. The zero-order chi connectivity index (χ0) is 21.2. The highest BCUT2D eigenvalue weighted by Crippen LogP contribution is 2.34. The van der Waals surface area contributed by atoms with Crippen molar-refractivity contribution in [1.29, 1.82) is 5.26 Å². The first-order chi connectivity index (χ1) is 15.2. The van der Waals surface area contributed by atoms with Crippen molar-refractivity contribution in [2.45, 2.75) is 57.4 Å². The number of fused-ring (bicyclic) bond motifs is 1. The van der Waals surface area contributed by atoms with E-state index in [-0.39, 0.29) is 0 Å². The van der Waals surface area contributed by atoms with Crippen LogP contribution in [0.4, 0.5) is 5.69 Å². The Labute approximate surface area is 184 Å². The summed E-state index contributed by atoms with van der Waals surface area (Å²) in [5, 5.41) is 13.1. The number of hydrogen-bond donors (Lipinski definition) is 1. The first-order valence-corrected chi connectivity index (χ1v) is 11.7. The van der Waals surface area contributed by atoms with Gasteiger partial charge in [0.1, 0.15) is 0 Å². The monoisotopic (exact) mass is 414 g/mol. The van der Waals surface area contributed by atoms with E-state index in [0.717, 1.165) is 75.0 Å². The van der Waals surface area contributed by atoms with Crippen molar-refractivity contribution >= 4 is 23.4 Å². The van der Waals surface area contributed by atoms with Crippen LogP contribution in [-0.4, -0.2) is 42.7 Å². The van der Waals surface area contributed by atoms with Gasteiger partial charge in [-0.25, -0.2) is 0 Å². The molecule has 160 valence electrons. The lowest BCUT2D eigenvalue weighted by molar-refractivity contribution is -0.132. The summed E-state index contributed by atoms with van der Waals surface area (Å²) in [4.78, 5) is 19.0. The van der Waals surface area contributed by atoms with E-state index in [9.17, 15) is 10.1 Å². The third-order valence-corrected chi connectivity index (χ3v) is 6.95. The molecular formula is C26H30N4O. The van der Waals surface area contributed by atoms with Crippen LogP contribution in [0, 0.1) is 17.2 Å². The van der Waals surface area contributed by atoms with Crippen LogP contribution in [-0.2, 0) is 11.2 Å². The number of hydrogen-bond acceptors (Lipinski definition) is 4. The molecule has 1 saturated carbocycles. The number of anilines is 1. The smallest absolute Gasteiger partial charge is 0.222 e. The van der Waals surface area contributed by atoms with Crippen molar-refractivity contribution in [1.82, 2.24) is 4.90 Å². The number of aliphatic imine (C=N–C) groups is 1. The molecule has 2 heterocycles. The van der Waals surface area contributed by atoms with Gasteiger partial charge in [0.05, 0.1) is 6.07 Å². The molecule has 0 aromatic heterocycles. The minimum absolute atomic E-state index is 0.344. The van der Waals surface area contributed by atoms with E-state index in [1.54, 1.807) is 0 Å². The van der Waals surface area contributed by atoms with Gasteiger partial charge in [0, 0.05) is 55.1 Å². The Morgan fingerprint density at radius 2 is 2.03 bits per heavy atom. The molecule has 2 aliphatic carbocycles. The van der Waals surface area contributed by atoms with Gasteiger partial charge in [0.25, 0.3) is 0 Å². The SMILES string of the molecule is N#CC1=CC(c2cc3c(c(NC4CCN(C(=O)CC5CC5)CC4)c2)C=NCC3)=CCC1. The lowest BCUT2D eigenvalue weighted by atomic mass is 9.90. The average molecular weight is 415 g/mol. The molecule has 2 fully saturated rings. The summed E-state index contributed by atoms with van der Waals surface area (Å²) in [7, 11) is 0. The van der Waals surface area contributed by atoms with Crippen molar-refractivity contribution in [3.05, 3.63) is 46.5 Å². The average Bonchev–Trinajstić information content (AvgIpc) is 3.63. The molecule has 0 unspecified atom stereocenters. The Kier molecular flexibility index (Phi) is 5.63. The van der Waals surface area contributed by atoms with Gasteiger partial charge in [0.15, 0.2) is 0 Å². The first kappa shape index (κ1) is 20.1. The molecule has 0 bridgehead atoms. The minimum Gasteiger partial charge on any atom is -0.382 e. The number of benzene rings is 1. The summed E-state index contributed by atoms with van der Waals surface area (Å²) < 4.78 is 0. The van der Waals surface area contributed by atoms with Crippen molar-refractivity contribution in [2.75, 3.05) is 25.0 Å². The number of amides is 1. The maximum atomic E-state index is 12.4. The molecule has 2 aliphatic heterocycles. The molecular weight excluding hydrogens is 384 g/mol. The number of carbonyl (C=O) groups is 1. The highest BCUT2D eigenvalue weighted by molar-refractivity contribution is 5.93. The summed E-state index contributed by atoms with van der Waals surface area (Å²) >= 11 is 0. The predicted octanol–water partition coefficient (Wildman–Crippen LogP) is 4.49. The Hall–Kier alpha value is -2.87. The van der Waals surface area contributed by atoms with Crippen LogP contribution in [0.15, 0.2) is 34.9 Å². The maximum absolute atomic E-state index is 12.4. The van der Waals surface area contributed by atoms with Crippen molar-refractivity contribution in [3.8, 4) is 6.07 Å². The van der Waals surface area contributed by atoms with Gasteiger partial charge in [-0.15, -0.1) is 0 Å². The Balaban J connectivity index is 1.32. The summed E-state index contributed by atoms with van der Waals surface area (Å²) in [6.45, 7) is 2.52. The Morgan fingerprint density at radius 3 is 2.81 bits per heavy atom. The van der Waals surface area contributed by atoms with Gasteiger partial charge in [-0.3, -0.25) is 9.79 Å².